The molecule has 7 nitrogen and oxygen atoms in total. The van der Waals surface area contributed by atoms with E-state index in [1.807, 2.05) is 32.0 Å². The Labute approximate surface area is 156 Å². The molecular formula is C20H19N5O2. The molecule has 0 amide bonds. The molecule has 1 aromatic heterocycles. The van der Waals surface area contributed by atoms with Gasteiger partial charge in [0, 0.05) is 16.7 Å². The molecular weight excluding hydrogens is 342 g/mol. The molecule has 0 bridgehead atoms. The number of guanidine groups is 1. The number of nitrogens with zero attached hydrogens (tertiary/aromatic N) is 4. The molecule has 0 aliphatic heterocycles. The second kappa shape index (κ2) is 7.33. The summed E-state index contributed by atoms with van der Waals surface area (Å²) in [5.74, 6) is -0.857. The van der Waals surface area contributed by atoms with Gasteiger partial charge in [-0.1, -0.05) is 30.3 Å². The number of hydrogen-bond donors (Lipinski definition) is 2. The number of hydrogen-bond acceptors (Lipinski definition) is 4. The first-order valence-electron chi connectivity index (χ1n) is 8.32. The van der Waals surface area contributed by atoms with Crippen molar-refractivity contribution in [2.75, 3.05) is 0 Å². The van der Waals surface area contributed by atoms with Gasteiger partial charge in [-0.15, -0.1) is 0 Å². The van der Waals surface area contributed by atoms with Crippen LogP contribution in [-0.2, 0) is 0 Å². The Bertz CT molecular complexity index is 1100. The summed E-state index contributed by atoms with van der Waals surface area (Å²) in [6, 6.07) is 12.5. The molecule has 0 saturated heterocycles. The number of fused-ring (bicyclic) bond motifs is 1. The summed E-state index contributed by atoms with van der Waals surface area (Å²) < 4.78 is 0. The summed E-state index contributed by atoms with van der Waals surface area (Å²) in [5, 5.41) is 10.3. The van der Waals surface area contributed by atoms with E-state index >= 15 is 0 Å². The minimum absolute atomic E-state index is 0.0425. The zero-order chi connectivity index (χ0) is 19.6. The molecule has 0 unspecified atom stereocenters. The smallest absolute Gasteiger partial charge is 0.336 e. The normalized spacial score (nSPS) is 12.4. The van der Waals surface area contributed by atoms with E-state index in [1.165, 1.54) is 6.07 Å². The summed E-state index contributed by atoms with van der Waals surface area (Å²) in [4.78, 5) is 28.5. The van der Waals surface area contributed by atoms with E-state index in [0.717, 1.165) is 22.2 Å². The maximum atomic E-state index is 11.4. The molecule has 0 saturated carbocycles. The molecule has 1 heterocycles. The third-order valence-corrected chi connectivity index (χ3v) is 4.08. The van der Waals surface area contributed by atoms with Crippen LogP contribution in [0.1, 0.15) is 34.1 Å². The first-order chi connectivity index (χ1) is 12.8. The van der Waals surface area contributed by atoms with Crippen molar-refractivity contribution in [2.45, 2.75) is 20.8 Å². The van der Waals surface area contributed by atoms with Gasteiger partial charge in [0.05, 0.1) is 16.8 Å². The van der Waals surface area contributed by atoms with E-state index in [-0.39, 0.29) is 17.5 Å². The van der Waals surface area contributed by atoms with Gasteiger partial charge >= 0.3 is 5.97 Å². The molecule has 2 aromatic carbocycles. The van der Waals surface area contributed by atoms with E-state index in [4.69, 9.17) is 5.73 Å². The minimum atomic E-state index is -1.03. The number of carboxylic acid groups (broad SMARTS) is 1. The summed E-state index contributed by atoms with van der Waals surface area (Å²) >= 11 is 0. The van der Waals surface area contributed by atoms with Gasteiger partial charge in [-0.25, -0.2) is 19.8 Å². The Morgan fingerprint density at radius 3 is 2.48 bits per heavy atom. The average Bonchev–Trinajstić information content (AvgIpc) is 2.61. The Kier molecular flexibility index (Phi) is 4.94. The molecule has 0 fully saturated rings. The van der Waals surface area contributed by atoms with Gasteiger partial charge in [0.1, 0.15) is 0 Å². The van der Waals surface area contributed by atoms with Crippen LogP contribution in [0.25, 0.3) is 10.9 Å². The highest BCUT2D eigenvalue weighted by atomic mass is 16.4. The van der Waals surface area contributed by atoms with E-state index in [9.17, 15) is 9.90 Å². The number of nitrogens with two attached hydrogens (primary N) is 1. The van der Waals surface area contributed by atoms with E-state index in [2.05, 4.69) is 20.0 Å². The SMILES string of the molecule is C/C(=N\C(N)=N\c1nc(C)c2ccc(C)cc2n1)c1ccccc1C(=O)O. The number of rotatable bonds is 3. The lowest BCUT2D eigenvalue weighted by atomic mass is 10.0. The van der Waals surface area contributed by atoms with Crippen molar-refractivity contribution in [1.29, 1.82) is 0 Å². The Balaban J connectivity index is 1.99. The first-order valence-corrected chi connectivity index (χ1v) is 8.32. The molecule has 136 valence electrons. The number of aryl methyl sites for hydroxylation is 2. The predicted molar refractivity (Wildman–Crippen MR) is 106 cm³/mol. The van der Waals surface area contributed by atoms with Crippen molar-refractivity contribution < 1.29 is 9.90 Å². The Morgan fingerprint density at radius 1 is 1.07 bits per heavy atom. The van der Waals surface area contributed by atoms with Crippen LogP contribution in [0.15, 0.2) is 52.4 Å². The van der Waals surface area contributed by atoms with Gasteiger partial charge in [-0.2, -0.15) is 4.99 Å². The largest absolute Gasteiger partial charge is 0.478 e. The predicted octanol–water partition coefficient (Wildman–Crippen LogP) is 3.40. The molecule has 3 rings (SSSR count). The van der Waals surface area contributed by atoms with Crippen molar-refractivity contribution in [3.8, 4) is 0 Å². The van der Waals surface area contributed by atoms with Crippen molar-refractivity contribution in [2.24, 2.45) is 15.7 Å². The lowest BCUT2D eigenvalue weighted by molar-refractivity contribution is 0.0696. The fourth-order valence-electron chi connectivity index (χ4n) is 2.78. The second-order valence-corrected chi connectivity index (χ2v) is 6.15. The highest BCUT2D eigenvalue weighted by Gasteiger charge is 2.11. The molecule has 0 aliphatic rings. The molecule has 0 aliphatic carbocycles. The van der Waals surface area contributed by atoms with Crippen LogP contribution in [0.4, 0.5) is 5.95 Å². The number of aromatic carboxylic acids is 1. The monoisotopic (exact) mass is 361 g/mol. The summed E-state index contributed by atoms with van der Waals surface area (Å²) in [5.41, 5.74) is 9.67. The van der Waals surface area contributed by atoms with E-state index < -0.39 is 5.97 Å². The van der Waals surface area contributed by atoms with Gasteiger partial charge in [0.25, 0.3) is 5.95 Å². The zero-order valence-electron chi connectivity index (χ0n) is 15.3. The second-order valence-electron chi connectivity index (χ2n) is 6.15. The lowest BCUT2D eigenvalue weighted by Gasteiger charge is -2.06. The zero-order valence-corrected chi connectivity index (χ0v) is 15.3. The summed E-state index contributed by atoms with van der Waals surface area (Å²) in [6.07, 6.45) is 0. The van der Waals surface area contributed by atoms with Crippen molar-refractivity contribution in [3.05, 3.63) is 64.8 Å². The molecule has 0 radical (unpaired) electrons. The fourth-order valence-corrected chi connectivity index (χ4v) is 2.78. The first kappa shape index (κ1) is 18.2. The highest BCUT2D eigenvalue weighted by Crippen LogP contribution is 2.19. The number of benzene rings is 2. The van der Waals surface area contributed by atoms with Gasteiger partial charge < -0.3 is 10.8 Å². The average molecular weight is 361 g/mol. The van der Waals surface area contributed by atoms with Crippen LogP contribution < -0.4 is 5.73 Å². The quantitative estimate of drug-likeness (QED) is 0.548. The molecule has 3 N–H and O–H groups in total. The van der Waals surface area contributed by atoms with Crippen molar-refractivity contribution >= 4 is 34.5 Å². The number of carboxylic acids is 1. The molecule has 0 atom stereocenters. The summed E-state index contributed by atoms with van der Waals surface area (Å²) in [6.45, 7) is 5.55. The number of carbonyl (C=O) groups is 1. The van der Waals surface area contributed by atoms with Crippen LogP contribution in [0, 0.1) is 13.8 Å². The van der Waals surface area contributed by atoms with Crippen molar-refractivity contribution in [1.82, 2.24) is 9.97 Å². The van der Waals surface area contributed by atoms with Gasteiger partial charge in [0.2, 0.25) is 5.96 Å². The lowest BCUT2D eigenvalue weighted by Crippen LogP contribution is -2.13. The Hall–Kier alpha value is -3.61. The molecule has 7 heteroatoms. The maximum Gasteiger partial charge on any atom is 0.336 e. The molecule has 0 spiro atoms. The molecule has 3 aromatic rings. The minimum Gasteiger partial charge on any atom is -0.478 e. The third-order valence-electron chi connectivity index (χ3n) is 4.08. The topological polar surface area (TPSA) is 114 Å². The van der Waals surface area contributed by atoms with Crippen LogP contribution >= 0.6 is 0 Å². The van der Waals surface area contributed by atoms with Crippen LogP contribution in [0.5, 0.6) is 0 Å². The van der Waals surface area contributed by atoms with Crippen LogP contribution in [0.3, 0.4) is 0 Å². The third kappa shape index (κ3) is 3.98. The fraction of sp³-hybridized carbons (Fsp3) is 0.150. The Morgan fingerprint density at radius 2 is 1.78 bits per heavy atom. The van der Waals surface area contributed by atoms with Crippen molar-refractivity contribution in [3.63, 3.8) is 0 Å². The summed E-state index contributed by atoms with van der Waals surface area (Å²) in [7, 11) is 0. The van der Waals surface area contributed by atoms with Crippen LogP contribution in [0.2, 0.25) is 0 Å². The number of aromatic nitrogens is 2. The van der Waals surface area contributed by atoms with Gasteiger partial charge in [0.15, 0.2) is 0 Å². The van der Waals surface area contributed by atoms with E-state index in [0.29, 0.717) is 11.3 Å². The van der Waals surface area contributed by atoms with Crippen LogP contribution in [-0.4, -0.2) is 32.7 Å². The standard InChI is InChI=1S/C20H19N5O2/c1-11-8-9-15-13(3)23-20(24-17(15)10-11)25-19(21)22-12(2)14-6-4-5-7-16(14)18(26)27/h4-10H,1-3H3,(H,26,27)(H2,21,23,24,25)/b22-12+. The van der Waals surface area contributed by atoms with E-state index in [1.54, 1.807) is 25.1 Å². The van der Waals surface area contributed by atoms with Gasteiger partial charge in [-0.3, -0.25) is 0 Å². The highest BCUT2D eigenvalue weighted by molar-refractivity contribution is 6.11. The maximum absolute atomic E-state index is 11.4. The van der Waals surface area contributed by atoms with Gasteiger partial charge in [-0.05, 0) is 38.5 Å². The molecule has 27 heavy (non-hydrogen) atoms. The number of aliphatic imine (C=N–C) groups is 2.